The van der Waals surface area contributed by atoms with Gasteiger partial charge in [-0.15, -0.1) is 0 Å². The van der Waals surface area contributed by atoms with E-state index in [-0.39, 0.29) is 12.7 Å². The lowest BCUT2D eigenvalue weighted by Crippen LogP contribution is -2.39. The molecule has 5 heteroatoms. The molecule has 1 fully saturated rings. The van der Waals surface area contributed by atoms with Crippen LogP contribution < -0.4 is 4.74 Å². The standard InChI is InChI=1S/C16H24O5/c1-19-14-6-4-12(5-7-14)3-2-8-20-16-10-13(18)9-15(11-17)21-16/h4-7,13,15-18H,2-3,8-11H2,1H3. The molecule has 1 aromatic rings. The first-order valence-corrected chi connectivity index (χ1v) is 7.40. The van der Waals surface area contributed by atoms with E-state index in [0.717, 1.165) is 18.6 Å². The molecule has 0 bridgehead atoms. The van der Waals surface area contributed by atoms with Crippen LogP contribution in [0.2, 0.25) is 0 Å². The van der Waals surface area contributed by atoms with E-state index in [1.54, 1.807) is 7.11 Å². The Kier molecular flexibility index (Phi) is 6.45. The highest BCUT2D eigenvalue weighted by atomic mass is 16.7. The highest BCUT2D eigenvalue weighted by Crippen LogP contribution is 2.20. The molecule has 1 aliphatic heterocycles. The van der Waals surface area contributed by atoms with Crippen LogP contribution in [0.4, 0.5) is 0 Å². The molecule has 118 valence electrons. The second-order valence-electron chi connectivity index (χ2n) is 5.32. The Bertz CT molecular complexity index is 406. The maximum Gasteiger partial charge on any atom is 0.160 e. The highest BCUT2D eigenvalue weighted by Gasteiger charge is 2.28. The smallest absolute Gasteiger partial charge is 0.160 e. The zero-order valence-electron chi connectivity index (χ0n) is 12.4. The number of rotatable bonds is 7. The number of aliphatic hydroxyl groups excluding tert-OH is 2. The van der Waals surface area contributed by atoms with E-state index >= 15 is 0 Å². The summed E-state index contributed by atoms with van der Waals surface area (Å²) in [6.07, 6.45) is 1.56. The summed E-state index contributed by atoms with van der Waals surface area (Å²) in [5.41, 5.74) is 1.23. The van der Waals surface area contributed by atoms with Gasteiger partial charge in [-0.1, -0.05) is 12.1 Å². The molecule has 3 unspecified atom stereocenters. The van der Waals surface area contributed by atoms with Gasteiger partial charge in [-0.05, 0) is 30.5 Å². The van der Waals surface area contributed by atoms with Crippen LogP contribution in [0.3, 0.4) is 0 Å². The monoisotopic (exact) mass is 296 g/mol. The number of hydrogen-bond donors (Lipinski definition) is 2. The van der Waals surface area contributed by atoms with Crippen LogP contribution in [0.5, 0.6) is 5.75 Å². The molecule has 2 rings (SSSR count). The van der Waals surface area contributed by atoms with Crippen LogP contribution in [0.25, 0.3) is 0 Å². The van der Waals surface area contributed by atoms with E-state index < -0.39 is 12.4 Å². The number of methoxy groups -OCH3 is 1. The van der Waals surface area contributed by atoms with E-state index in [1.165, 1.54) is 5.56 Å². The topological polar surface area (TPSA) is 68.2 Å². The number of hydrogen-bond acceptors (Lipinski definition) is 5. The molecule has 5 nitrogen and oxygen atoms in total. The lowest BCUT2D eigenvalue weighted by molar-refractivity contribution is -0.221. The summed E-state index contributed by atoms with van der Waals surface area (Å²) >= 11 is 0. The maximum absolute atomic E-state index is 9.68. The van der Waals surface area contributed by atoms with Gasteiger partial charge in [-0.3, -0.25) is 0 Å². The largest absolute Gasteiger partial charge is 0.497 e. The van der Waals surface area contributed by atoms with Crippen molar-refractivity contribution in [2.45, 2.75) is 44.2 Å². The van der Waals surface area contributed by atoms with Gasteiger partial charge in [0.05, 0.1) is 32.5 Å². The van der Waals surface area contributed by atoms with Crippen LogP contribution in [0.1, 0.15) is 24.8 Å². The summed E-state index contributed by atoms with van der Waals surface area (Å²) in [6, 6.07) is 7.98. The van der Waals surface area contributed by atoms with Gasteiger partial charge in [0, 0.05) is 12.8 Å². The minimum absolute atomic E-state index is 0.0806. The first-order chi connectivity index (χ1) is 10.2. The van der Waals surface area contributed by atoms with Crippen molar-refractivity contribution in [3.05, 3.63) is 29.8 Å². The van der Waals surface area contributed by atoms with E-state index in [0.29, 0.717) is 19.4 Å². The van der Waals surface area contributed by atoms with Gasteiger partial charge in [0.2, 0.25) is 0 Å². The van der Waals surface area contributed by atoms with E-state index in [9.17, 15) is 5.11 Å². The Balaban J connectivity index is 1.66. The molecule has 0 saturated carbocycles. The zero-order chi connectivity index (χ0) is 15.1. The van der Waals surface area contributed by atoms with Gasteiger partial charge < -0.3 is 24.4 Å². The van der Waals surface area contributed by atoms with Gasteiger partial charge in [-0.2, -0.15) is 0 Å². The fraction of sp³-hybridized carbons (Fsp3) is 0.625. The zero-order valence-corrected chi connectivity index (χ0v) is 12.4. The third-order valence-electron chi connectivity index (χ3n) is 3.62. The molecule has 3 atom stereocenters. The third-order valence-corrected chi connectivity index (χ3v) is 3.62. The van der Waals surface area contributed by atoms with Crippen LogP contribution in [-0.4, -0.2) is 49.0 Å². The van der Waals surface area contributed by atoms with Crippen molar-refractivity contribution in [2.75, 3.05) is 20.3 Å². The Morgan fingerprint density at radius 2 is 2.00 bits per heavy atom. The molecule has 0 aliphatic carbocycles. The number of aryl methyl sites for hydroxylation is 1. The van der Waals surface area contributed by atoms with E-state index in [1.807, 2.05) is 24.3 Å². The number of ether oxygens (including phenoxy) is 3. The Morgan fingerprint density at radius 1 is 1.24 bits per heavy atom. The van der Waals surface area contributed by atoms with Gasteiger partial charge in [0.25, 0.3) is 0 Å². The summed E-state index contributed by atoms with van der Waals surface area (Å²) in [7, 11) is 1.65. The number of benzene rings is 1. The van der Waals surface area contributed by atoms with Crippen molar-refractivity contribution in [2.24, 2.45) is 0 Å². The molecule has 0 radical (unpaired) electrons. The average molecular weight is 296 g/mol. The first kappa shape index (κ1) is 16.2. The van der Waals surface area contributed by atoms with Gasteiger partial charge in [-0.25, -0.2) is 0 Å². The molecular formula is C16H24O5. The summed E-state index contributed by atoms with van der Waals surface area (Å²) in [5.74, 6) is 0.856. The predicted molar refractivity (Wildman–Crippen MR) is 78.3 cm³/mol. The van der Waals surface area contributed by atoms with Crippen LogP contribution >= 0.6 is 0 Å². The van der Waals surface area contributed by atoms with Crippen molar-refractivity contribution in [3.8, 4) is 5.75 Å². The molecule has 0 aromatic heterocycles. The van der Waals surface area contributed by atoms with E-state index in [2.05, 4.69) is 0 Å². The molecule has 1 aliphatic rings. The van der Waals surface area contributed by atoms with Crippen LogP contribution in [-0.2, 0) is 15.9 Å². The Labute approximate surface area is 125 Å². The lowest BCUT2D eigenvalue weighted by atomic mass is 10.1. The maximum atomic E-state index is 9.68. The Hall–Kier alpha value is -1.14. The van der Waals surface area contributed by atoms with E-state index in [4.69, 9.17) is 19.3 Å². The van der Waals surface area contributed by atoms with Crippen molar-refractivity contribution in [1.82, 2.24) is 0 Å². The van der Waals surface area contributed by atoms with Gasteiger partial charge in [0.1, 0.15) is 5.75 Å². The average Bonchev–Trinajstić information content (AvgIpc) is 2.51. The molecule has 0 amide bonds. The van der Waals surface area contributed by atoms with Gasteiger partial charge >= 0.3 is 0 Å². The quantitative estimate of drug-likeness (QED) is 0.746. The van der Waals surface area contributed by atoms with Crippen LogP contribution in [0.15, 0.2) is 24.3 Å². The van der Waals surface area contributed by atoms with Crippen molar-refractivity contribution in [3.63, 3.8) is 0 Å². The van der Waals surface area contributed by atoms with Crippen molar-refractivity contribution < 1.29 is 24.4 Å². The fourth-order valence-electron chi connectivity index (χ4n) is 2.46. The Morgan fingerprint density at radius 3 is 2.67 bits per heavy atom. The second kappa shape index (κ2) is 8.34. The van der Waals surface area contributed by atoms with Crippen LogP contribution in [0, 0.1) is 0 Å². The molecule has 0 spiro atoms. The highest BCUT2D eigenvalue weighted by molar-refractivity contribution is 5.27. The molecule has 2 N–H and O–H groups in total. The number of aliphatic hydroxyl groups is 2. The molecule has 1 aromatic carbocycles. The van der Waals surface area contributed by atoms with Crippen molar-refractivity contribution >= 4 is 0 Å². The first-order valence-electron chi connectivity index (χ1n) is 7.40. The minimum Gasteiger partial charge on any atom is -0.497 e. The second-order valence-corrected chi connectivity index (χ2v) is 5.32. The van der Waals surface area contributed by atoms with Gasteiger partial charge in [0.15, 0.2) is 6.29 Å². The summed E-state index contributed by atoms with van der Waals surface area (Å²) < 4.78 is 16.3. The molecular weight excluding hydrogens is 272 g/mol. The molecule has 21 heavy (non-hydrogen) atoms. The lowest BCUT2D eigenvalue weighted by Gasteiger charge is -2.32. The normalized spacial score (nSPS) is 25.8. The minimum atomic E-state index is -0.456. The fourth-order valence-corrected chi connectivity index (χ4v) is 2.46. The summed E-state index contributed by atoms with van der Waals surface area (Å²) in [6.45, 7) is 0.490. The molecule has 1 saturated heterocycles. The van der Waals surface area contributed by atoms with Crippen molar-refractivity contribution in [1.29, 1.82) is 0 Å². The SMILES string of the molecule is COc1ccc(CCCOC2CC(O)CC(CO)O2)cc1. The summed E-state index contributed by atoms with van der Waals surface area (Å²) in [5, 5.41) is 18.8. The summed E-state index contributed by atoms with van der Waals surface area (Å²) in [4.78, 5) is 0. The predicted octanol–water partition coefficient (Wildman–Crippen LogP) is 1.50. The molecule has 1 heterocycles. The third kappa shape index (κ3) is 5.28.